The van der Waals surface area contributed by atoms with Gasteiger partial charge in [0.15, 0.2) is 0 Å². The van der Waals surface area contributed by atoms with Gasteiger partial charge in [-0.05, 0) is 18.2 Å². The number of ketones is 1. The van der Waals surface area contributed by atoms with E-state index in [4.69, 9.17) is 9.84 Å². The van der Waals surface area contributed by atoms with E-state index in [1.807, 2.05) is 0 Å². The van der Waals surface area contributed by atoms with Crippen LogP contribution in [0.3, 0.4) is 0 Å². The number of aliphatic carboxylic acids is 1. The number of benzene rings is 1. The standard InChI is InChI=1S/C10H9BrO4/c1-15-9-3-2-7(11)4-6(9)5-8(12)10(13)14/h2-4H,5H2,1H3,(H,13,14). The van der Waals surface area contributed by atoms with Gasteiger partial charge in [0.05, 0.1) is 7.11 Å². The van der Waals surface area contributed by atoms with Crippen molar-refractivity contribution < 1.29 is 19.4 Å². The molecule has 0 aliphatic rings. The number of hydrogen-bond donors (Lipinski definition) is 1. The van der Waals surface area contributed by atoms with Gasteiger partial charge in [0, 0.05) is 16.5 Å². The summed E-state index contributed by atoms with van der Waals surface area (Å²) >= 11 is 3.24. The SMILES string of the molecule is COc1ccc(Br)cc1CC(=O)C(=O)O. The van der Waals surface area contributed by atoms with Crippen LogP contribution in [-0.2, 0) is 16.0 Å². The molecule has 1 rings (SSSR count). The van der Waals surface area contributed by atoms with Gasteiger partial charge < -0.3 is 9.84 Å². The molecule has 0 fully saturated rings. The van der Waals surface area contributed by atoms with Crippen molar-refractivity contribution in [2.75, 3.05) is 7.11 Å². The number of carboxylic acid groups (broad SMARTS) is 1. The first-order valence-electron chi connectivity index (χ1n) is 4.13. The van der Waals surface area contributed by atoms with Crippen molar-refractivity contribution in [1.82, 2.24) is 0 Å². The van der Waals surface area contributed by atoms with Crippen molar-refractivity contribution in [2.24, 2.45) is 0 Å². The Morgan fingerprint density at radius 3 is 2.67 bits per heavy atom. The monoisotopic (exact) mass is 272 g/mol. The maximum atomic E-state index is 11.0. The Labute approximate surface area is 95.0 Å². The molecule has 0 atom stereocenters. The molecule has 1 N–H and O–H groups in total. The van der Waals surface area contributed by atoms with E-state index in [2.05, 4.69) is 15.9 Å². The predicted molar refractivity (Wildman–Crippen MR) is 57.0 cm³/mol. The summed E-state index contributed by atoms with van der Waals surface area (Å²) < 4.78 is 5.79. The zero-order chi connectivity index (χ0) is 11.4. The second kappa shape index (κ2) is 4.93. The quantitative estimate of drug-likeness (QED) is 0.847. The average molecular weight is 273 g/mol. The third-order valence-corrected chi connectivity index (χ3v) is 2.33. The van der Waals surface area contributed by atoms with E-state index in [0.717, 1.165) is 4.47 Å². The minimum atomic E-state index is -1.43. The molecule has 5 heteroatoms. The molecule has 0 bridgehead atoms. The molecule has 1 aromatic rings. The van der Waals surface area contributed by atoms with Crippen LogP contribution < -0.4 is 4.74 Å². The number of carboxylic acids is 1. The Bertz CT molecular complexity index is 400. The van der Waals surface area contributed by atoms with Crippen molar-refractivity contribution in [2.45, 2.75) is 6.42 Å². The van der Waals surface area contributed by atoms with Crippen LogP contribution in [0.2, 0.25) is 0 Å². The fourth-order valence-electron chi connectivity index (χ4n) is 1.13. The lowest BCUT2D eigenvalue weighted by Gasteiger charge is -2.06. The zero-order valence-corrected chi connectivity index (χ0v) is 9.58. The summed E-state index contributed by atoms with van der Waals surface area (Å²) in [5.41, 5.74) is 0.555. The van der Waals surface area contributed by atoms with E-state index < -0.39 is 11.8 Å². The molecule has 4 nitrogen and oxygen atoms in total. The molecule has 1 aromatic carbocycles. The van der Waals surface area contributed by atoms with Crippen LogP contribution in [0, 0.1) is 0 Å². The molecule has 15 heavy (non-hydrogen) atoms. The highest BCUT2D eigenvalue weighted by molar-refractivity contribution is 9.10. The minimum absolute atomic E-state index is 0.169. The largest absolute Gasteiger partial charge is 0.496 e. The molecule has 0 aliphatic carbocycles. The number of halogens is 1. The molecule has 0 spiro atoms. The number of hydrogen-bond acceptors (Lipinski definition) is 3. The summed E-state index contributed by atoms with van der Waals surface area (Å²) in [6.07, 6.45) is -0.169. The molecular weight excluding hydrogens is 264 g/mol. The van der Waals surface area contributed by atoms with E-state index >= 15 is 0 Å². The molecule has 0 saturated carbocycles. The van der Waals surface area contributed by atoms with Crippen molar-refractivity contribution in [3.8, 4) is 5.75 Å². The van der Waals surface area contributed by atoms with Crippen molar-refractivity contribution in [3.05, 3.63) is 28.2 Å². The molecular formula is C10H9BrO4. The lowest BCUT2D eigenvalue weighted by molar-refractivity contribution is -0.148. The number of carbonyl (C=O) groups is 2. The summed E-state index contributed by atoms with van der Waals surface area (Å²) in [5, 5.41) is 8.47. The van der Waals surface area contributed by atoms with Crippen LogP contribution in [0.4, 0.5) is 0 Å². The van der Waals surface area contributed by atoms with Crippen LogP contribution in [0.5, 0.6) is 5.75 Å². The number of rotatable bonds is 4. The van der Waals surface area contributed by atoms with Gasteiger partial charge >= 0.3 is 5.97 Å². The smallest absolute Gasteiger partial charge is 0.372 e. The third kappa shape index (κ3) is 3.06. The predicted octanol–water partition coefficient (Wildman–Crippen LogP) is 1.65. The van der Waals surface area contributed by atoms with Crippen LogP contribution in [-0.4, -0.2) is 24.0 Å². The van der Waals surface area contributed by atoms with E-state index in [1.54, 1.807) is 18.2 Å². The van der Waals surface area contributed by atoms with Crippen molar-refractivity contribution in [1.29, 1.82) is 0 Å². The lowest BCUT2D eigenvalue weighted by Crippen LogP contribution is -2.15. The Morgan fingerprint density at radius 2 is 2.13 bits per heavy atom. The van der Waals surface area contributed by atoms with Crippen molar-refractivity contribution in [3.63, 3.8) is 0 Å². The average Bonchev–Trinajstić information content (AvgIpc) is 2.18. The highest BCUT2D eigenvalue weighted by atomic mass is 79.9. The zero-order valence-electron chi connectivity index (χ0n) is 7.99. The molecule has 0 aromatic heterocycles. The first-order chi connectivity index (χ1) is 7.04. The molecule has 0 heterocycles. The van der Waals surface area contributed by atoms with Gasteiger partial charge in [-0.1, -0.05) is 15.9 Å². The fourth-order valence-corrected chi connectivity index (χ4v) is 1.54. The van der Waals surface area contributed by atoms with Crippen LogP contribution in [0.1, 0.15) is 5.56 Å². The molecule has 0 radical (unpaired) electrons. The summed E-state index contributed by atoms with van der Waals surface area (Å²) in [5.74, 6) is -1.78. The topological polar surface area (TPSA) is 63.6 Å². The summed E-state index contributed by atoms with van der Waals surface area (Å²) in [7, 11) is 1.47. The fraction of sp³-hybridized carbons (Fsp3) is 0.200. The van der Waals surface area contributed by atoms with Crippen LogP contribution in [0.25, 0.3) is 0 Å². The van der Waals surface area contributed by atoms with Gasteiger partial charge in [-0.15, -0.1) is 0 Å². The number of ether oxygens (including phenoxy) is 1. The Hall–Kier alpha value is -1.36. The minimum Gasteiger partial charge on any atom is -0.496 e. The molecule has 0 saturated heterocycles. The molecule has 0 amide bonds. The Kier molecular flexibility index (Phi) is 3.85. The second-order valence-electron chi connectivity index (χ2n) is 2.86. The third-order valence-electron chi connectivity index (χ3n) is 1.83. The van der Waals surface area contributed by atoms with Crippen LogP contribution >= 0.6 is 15.9 Å². The van der Waals surface area contributed by atoms with Gasteiger partial charge in [-0.3, -0.25) is 4.79 Å². The first-order valence-corrected chi connectivity index (χ1v) is 4.92. The van der Waals surface area contributed by atoms with E-state index in [-0.39, 0.29) is 6.42 Å². The van der Waals surface area contributed by atoms with E-state index in [9.17, 15) is 9.59 Å². The highest BCUT2D eigenvalue weighted by Crippen LogP contribution is 2.23. The van der Waals surface area contributed by atoms with Crippen molar-refractivity contribution >= 4 is 27.7 Å². The van der Waals surface area contributed by atoms with Gasteiger partial charge in [-0.2, -0.15) is 0 Å². The molecule has 0 aliphatic heterocycles. The summed E-state index contributed by atoms with van der Waals surface area (Å²) in [4.78, 5) is 21.4. The van der Waals surface area contributed by atoms with E-state index in [0.29, 0.717) is 11.3 Å². The number of carbonyl (C=O) groups excluding carboxylic acids is 1. The van der Waals surface area contributed by atoms with Crippen LogP contribution in [0.15, 0.2) is 22.7 Å². The van der Waals surface area contributed by atoms with Gasteiger partial charge in [0.25, 0.3) is 0 Å². The normalized spacial score (nSPS) is 9.73. The first kappa shape index (κ1) is 11.7. The van der Waals surface area contributed by atoms with E-state index in [1.165, 1.54) is 7.11 Å². The second-order valence-corrected chi connectivity index (χ2v) is 3.78. The molecule has 0 unspecified atom stereocenters. The highest BCUT2D eigenvalue weighted by Gasteiger charge is 2.15. The van der Waals surface area contributed by atoms with Gasteiger partial charge in [0.2, 0.25) is 5.78 Å². The number of methoxy groups -OCH3 is 1. The number of Topliss-reactive ketones (excluding diaryl/α,β-unsaturated/α-hetero) is 1. The Morgan fingerprint density at radius 1 is 1.47 bits per heavy atom. The maximum absolute atomic E-state index is 11.0. The summed E-state index contributed by atoms with van der Waals surface area (Å²) in [6.45, 7) is 0. The van der Waals surface area contributed by atoms with Gasteiger partial charge in [-0.25, -0.2) is 4.79 Å². The lowest BCUT2D eigenvalue weighted by atomic mass is 10.1. The maximum Gasteiger partial charge on any atom is 0.372 e. The molecule has 80 valence electrons. The Balaban J connectivity index is 2.97. The van der Waals surface area contributed by atoms with Gasteiger partial charge in [0.1, 0.15) is 5.75 Å². The summed E-state index contributed by atoms with van der Waals surface area (Å²) in [6, 6.07) is 5.10.